The minimum absolute atomic E-state index is 0.101. The predicted molar refractivity (Wildman–Crippen MR) is 117 cm³/mol. The maximum absolute atomic E-state index is 13.1. The van der Waals surface area contributed by atoms with Gasteiger partial charge < -0.3 is 10.2 Å². The fourth-order valence-electron chi connectivity index (χ4n) is 4.16. The molecule has 160 valence electrons. The number of nitrogens with one attached hydrogen (secondary N) is 1. The Morgan fingerprint density at radius 2 is 1.83 bits per heavy atom. The summed E-state index contributed by atoms with van der Waals surface area (Å²) in [4.78, 5) is 15.2. The zero-order chi connectivity index (χ0) is 21.3. The van der Waals surface area contributed by atoms with Gasteiger partial charge in [-0.05, 0) is 55.6 Å². The Labute approximate surface area is 182 Å². The second-order valence-electron chi connectivity index (χ2n) is 7.97. The molecule has 1 aliphatic carbocycles. The van der Waals surface area contributed by atoms with E-state index in [4.69, 9.17) is 11.6 Å². The first kappa shape index (κ1) is 21.3. The van der Waals surface area contributed by atoms with Gasteiger partial charge in [0, 0.05) is 26.2 Å². The zero-order valence-corrected chi connectivity index (χ0v) is 18.5. The molecule has 1 atom stereocenters. The van der Waals surface area contributed by atoms with Crippen LogP contribution >= 0.6 is 11.6 Å². The van der Waals surface area contributed by atoms with Gasteiger partial charge in [-0.25, -0.2) is 8.42 Å². The number of hydrogen-bond acceptors (Lipinski definition) is 4. The number of halogens is 1. The summed E-state index contributed by atoms with van der Waals surface area (Å²) in [5.74, 6) is -0.350. The third-order valence-corrected chi connectivity index (χ3v) is 8.18. The number of sulfonamides is 1. The number of carbonyl (C=O) groups excluding carboxylic acids is 1. The van der Waals surface area contributed by atoms with Crippen molar-refractivity contribution in [2.75, 3.05) is 33.2 Å². The highest BCUT2D eigenvalue weighted by Crippen LogP contribution is 2.30. The van der Waals surface area contributed by atoms with E-state index < -0.39 is 10.0 Å². The van der Waals surface area contributed by atoms with Gasteiger partial charge in [0.25, 0.3) is 5.91 Å². The molecule has 1 aliphatic heterocycles. The third kappa shape index (κ3) is 4.25. The van der Waals surface area contributed by atoms with Crippen molar-refractivity contribution >= 4 is 27.5 Å². The van der Waals surface area contributed by atoms with Crippen LogP contribution in [0.25, 0.3) is 0 Å². The summed E-state index contributed by atoms with van der Waals surface area (Å²) in [5, 5.41) is 3.30. The van der Waals surface area contributed by atoms with Crippen molar-refractivity contribution in [3.8, 4) is 0 Å². The van der Waals surface area contributed by atoms with Gasteiger partial charge in [0.2, 0.25) is 10.0 Å². The van der Waals surface area contributed by atoms with E-state index >= 15 is 0 Å². The third-order valence-electron chi connectivity index (χ3n) is 5.96. The number of piperazine rings is 1. The number of likely N-dealkylation sites (N-methyl/N-ethyl adjacent to an activating group) is 1. The van der Waals surface area contributed by atoms with Crippen molar-refractivity contribution in [2.24, 2.45) is 0 Å². The van der Waals surface area contributed by atoms with E-state index in [0.29, 0.717) is 26.2 Å². The Morgan fingerprint density at radius 1 is 1.10 bits per heavy atom. The summed E-state index contributed by atoms with van der Waals surface area (Å²) in [6, 6.07) is 12.4. The number of amides is 1. The standard InChI is InChI=1S/C22H26ClN3O3S/c1-25-11-13-26(14-12-25)30(28,29)17-9-10-20(23)19(15-17)22(27)24-21-8-4-6-16-5-2-3-7-18(16)21/h2-3,5,7,9-10,15,21H,4,6,8,11-14H2,1H3,(H,24,27). The van der Waals surface area contributed by atoms with Crippen LogP contribution in [0.3, 0.4) is 0 Å². The van der Waals surface area contributed by atoms with Gasteiger partial charge in [-0.3, -0.25) is 4.79 Å². The van der Waals surface area contributed by atoms with Gasteiger partial charge in [-0.1, -0.05) is 35.9 Å². The number of aryl methyl sites for hydroxylation is 1. The number of fused-ring (bicyclic) bond motifs is 1. The molecule has 1 saturated heterocycles. The van der Waals surface area contributed by atoms with Crippen LogP contribution in [0.1, 0.15) is 40.4 Å². The van der Waals surface area contributed by atoms with Gasteiger partial charge >= 0.3 is 0 Å². The summed E-state index contributed by atoms with van der Waals surface area (Å²) < 4.78 is 27.6. The number of rotatable bonds is 4. The van der Waals surface area contributed by atoms with Crippen LogP contribution in [-0.2, 0) is 16.4 Å². The monoisotopic (exact) mass is 447 g/mol. The molecule has 30 heavy (non-hydrogen) atoms. The molecular weight excluding hydrogens is 422 g/mol. The Hall–Kier alpha value is -1.93. The molecule has 0 aromatic heterocycles. The molecule has 1 amide bonds. The molecule has 2 aromatic rings. The Bertz CT molecular complexity index is 1050. The molecule has 2 aliphatic rings. The maximum atomic E-state index is 13.1. The average Bonchev–Trinajstić information content (AvgIpc) is 2.74. The van der Waals surface area contributed by atoms with Crippen LogP contribution in [0, 0.1) is 0 Å². The van der Waals surface area contributed by atoms with Gasteiger partial charge in [0.1, 0.15) is 0 Å². The average molecular weight is 448 g/mol. The summed E-state index contributed by atoms with van der Waals surface area (Å²) >= 11 is 6.29. The second kappa shape index (κ2) is 8.67. The van der Waals surface area contributed by atoms with Crippen molar-refractivity contribution in [1.82, 2.24) is 14.5 Å². The summed E-state index contributed by atoms with van der Waals surface area (Å²) in [7, 11) is -1.70. The molecule has 1 heterocycles. The normalized spacial score (nSPS) is 20.5. The predicted octanol–water partition coefficient (Wildman–Crippen LogP) is 3.08. The van der Waals surface area contributed by atoms with Crippen LogP contribution in [0.4, 0.5) is 0 Å². The van der Waals surface area contributed by atoms with E-state index in [0.717, 1.165) is 24.8 Å². The van der Waals surface area contributed by atoms with Crippen LogP contribution in [0.2, 0.25) is 5.02 Å². The number of carbonyl (C=O) groups is 1. The zero-order valence-electron chi connectivity index (χ0n) is 17.0. The van der Waals surface area contributed by atoms with E-state index in [1.165, 1.54) is 28.1 Å². The second-order valence-corrected chi connectivity index (χ2v) is 10.3. The molecule has 1 unspecified atom stereocenters. The fourth-order valence-corrected chi connectivity index (χ4v) is 5.81. The minimum Gasteiger partial charge on any atom is -0.345 e. The highest BCUT2D eigenvalue weighted by molar-refractivity contribution is 7.89. The maximum Gasteiger partial charge on any atom is 0.253 e. The number of nitrogens with zero attached hydrogens (tertiary/aromatic N) is 2. The molecule has 0 spiro atoms. The first-order valence-corrected chi connectivity index (χ1v) is 12.0. The lowest BCUT2D eigenvalue weighted by atomic mass is 9.87. The molecule has 0 saturated carbocycles. The molecular formula is C22H26ClN3O3S. The van der Waals surface area contributed by atoms with Gasteiger partial charge in [0.05, 0.1) is 21.5 Å². The molecule has 6 nitrogen and oxygen atoms in total. The van der Waals surface area contributed by atoms with E-state index in [1.807, 2.05) is 25.2 Å². The van der Waals surface area contributed by atoms with Crippen molar-refractivity contribution < 1.29 is 13.2 Å². The molecule has 8 heteroatoms. The van der Waals surface area contributed by atoms with Crippen molar-refractivity contribution in [3.63, 3.8) is 0 Å². The lowest BCUT2D eigenvalue weighted by Crippen LogP contribution is -2.47. The molecule has 2 aromatic carbocycles. The highest BCUT2D eigenvalue weighted by Gasteiger charge is 2.29. The van der Waals surface area contributed by atoms with Crippen LogP contribution in [0.15, 0.2) is 47.4 Å². The lowest BCUT2D eigenvalue weighted by molar-refractivity contribution is 0.0932. The summed E-state index contributed by atoms with van der Waals surface area (Å²) in [6.45, 7) is 2.23. The summed E-state index contributed by atoms with van der Waals surface area (Å²) in [5.41, 5.74) is 2.55. The van der Waals surface area contributed by atoms with Crippen LogP contribution in [0.5, 0.6) is 0 Å². The molecule has 1 fully saturated rings. The molecule has 0 bridgehead atoms. The van der Waals surface area contributed by atoms with E-state index in [2.05, 4.69) is 16.3 Å². The van der Waals surface area contributed by atoms with Crippen molar-refractivity contribution in [1.29, 1.82) is 0 Å². The smallest absolute Gasteiger partial charge is 0.253 e. The molecule has 4 rings (SSSR count). The van der Waals surface area contributed by atoms with Crippen molar-refractivity contribution in [3.05, 3.63) is 64.2 Å². The van der Waals surface area contributed by atoms with Gasteiger partial charge in [-0.15, -0.1) is 0 Å². The highest BCUT2D eigenvalue weighted by atomic mass is 35.5. The SMILES string of the molecule is CN1CCN(S(=O)(=O)c2ccc(Cl)c(C(=O)NC3CCCc4ccccc43)c2)CC1. The molecule has 0 radical (unpaired) electrons. The largest absolute Gasteiger partial charge is 0.345 e. The number of hydrogen-bond donors (Lipinski definition) is 1. The van der Waals surface area contributed by atoms with Crippen LogP contribution in [-0.4, -0.2) is 56.8 Å². The van der Waals surface area contributed by atoms with E-state index in [9.17, 15) is 13.2 Å². The number of benzene rings is 2. The Balaban J connectivity index is 1.57. The first-order chi connectivity index (χ1) is 14.4. The van der Waals surface area contributed by atoms with E-state index in [-0.39, 0.29) is 27.4 Å². The van der Waals surface area contributed by atoms with Gasteiger partial charge in [0.15, 0.2) is 0 Å². The Morgan fingerprint density at radius 3 is 2.60 bits per heavy atom. The Kier molecular flexibility index (Phi) is 6.16. The first-order valence-electron chi connectivity index (χ1n) is 10.2. The van der Waals surface area contributed by atoms with Crippen molar-refractivity contribution in [2.45, 2.75) is 30.2 Å². The topological polar surface area (TPSA) is 69.7 Å². The molecule has 1 N–H and O–H groups in total. The van der Waals surface area contributed by atoms with Crippen LogP contribution < -0.4 is 5.32 Å². The summed E-state index contributed by atoms with van der Waals surface area (Å²) in [6.07, 6.45) is 2.84. The fraction of sp³-hybridized carbons (Fsp3) is 0.409. The van der Waals surface area contributed by atoms with Gasteiger partial charge in [-0.2, -0.15) is 4.31 Å². The quantitative estimate of drug-likeness (QED) is 0.781. The lowest BCUT2D eigenvalue weighted by Gasteiger charge is -2.31. The minimum atomic E-state index is -3.67. The van der Waals surface area contributed by atoms with E-state index in [1.54, 1.807) is 0 Å².